The molecule has 0 radical (unpaired) electrons. The van der Waals surface area contributed by atoms with Crippen molar-refractivity contribution in [3.8, 4) is 0 Å². The Hall–Kier alpha value is -1.06. The molecule has 16 heavy (non-hydrogen) atoms. The summed E-state index contributed by atoms with van der Waals surface area (Å²) in [6.45, 7) is 3.23. The highest BCUT2D eigenvalue weighted by Gasteiger charge is 2.08. The summed E-state index contributed by atoms with van der Waals surface area (Å²) in [6, 6.07) is 5.41. The van der Waals surface area contributed by atoms with Gasteiger partial charge in [-0.1, -0.05) is 17.7 Å². The van der Waals surface area contributed by atoms with Crippen LogP contribution in [-0.4, -0.2) is 19.0 Å². The third-order valence-corrected chi connectivity index (χ3v) is 2.60. The molecule has 0 spiro atoms. The third kappa shape index (κ3) is 3.83. The van der Waals surface area contributed by atoms with Gasteiger partial charge in [0, 0.05) is 6.54 Å². The van der Waals surface area contributed by atoms with Gasteiger partial charge >= 0.3 is 0 Å². The summed E-state index contributed by atoms with van der Waals surface area (Å²) in [4.78, 5) is 11.7. The molecule has 0 fully saturated rings. The molecule has 1 rings (SSSR count). The normalized spacial score (nSPS) is 10.2. The quantitative estimate of drug-likeness (QED) is 0.775. The van der Waals surface area contributed by atoms with E-state index >= 15 is 0 Å². The second kappa shape index (κ2) is 6.51. The minimum absolute atomic E-state index is 0.123. The van der Waals surface area contributed by atoms with E-state index in [9.17, 15) is 4.79 Å². The fraction of sp³-hybridized carbons (Fsp3) is 0.417. The summed E-state index contributed by atoms with van der Waals surface area (Å²) < 4.78 is 0. The highest BCUT2D eigenvalue weighted by Crippen LogP contribution is 2.17. The van der Waals surface area contributed by atoms with Gasteiger partial charge in [-0.15, -0.1) is 0 Å². The van der Waals surface area contributed by atoms with Crippen LogP contribution in [0.5, 0.6) is 0 Å². The van der Waals surface area contributed by atoms with E-state index in [-0.39, 0.29) is 5.91 Å². The maximum Gasteiger partial charge on any atom is 0.252 e. The van der Waals surface area contributed by atoms with Crippen LogP contribution in [-0.2, 0) is 0 Å². The number of amides is 1. The van der Waals surface area contributed by atoms with E-state index < -0.39 is 0 Å². The van der Waals surface area contributed by atoms with Crippen LogP contribution >= 0.6 is 11.6 Å². The molecule has 0 aliphatic heterocycles. The average Bonchev–Trinajstić information content (AvgIpc) is 2.24. The van der Waals surface area contributed by atoms with Crippen molar-refractivity contribution < 1.29 is 4.79 Å². The van der Waals surface area contributed by atoms with Crippen LogP contribution in [0.4, 0.5) is 0 Å². The van der Waals surface area contributed by atoms with Crippen LogP contribution in [0.25, 0.3) is 0 Å². The van der Waals surface area contributed by atoms with Gasteiger partial charge in [0.25, 0.3) is 5.91 Å². The Balaban J connectivity index is 2.53. The predicted molar refractivity (Wildman–Crippen MR) is 66.8 cm³/mol. The Bertz CT molecular complexity index is 366. The maximum atomic E-state index is 11.7. The van der Waals surface area contributed by atoms with Crippen LogP contribution in [0, 0.1) is 6.92 Å². The summed E-state index contributed by atoms with van der Waals surface area (Å²) in [5.74, 6) is -0.123. The Kier molecular flexibility index (Phi) is 5.29. The first-order valence-corrected chi connectivity index (χ1v) is 5.77. The summed E-state index contributed by atoms with van der Waals surface area (Å²) in [6.07, 6.45) is 1.81. The first kappa shape index (κ1) is 13.0. The molecule has 0 saturated heterocycles. The highest BCUT2D eigenvalue weighted by atomic mass is 35.5. The van der Waals surface area contributed by atoms with Crippen LogP contribution in [0.3, 0.4) is 0 Å². The van der Waals surface area contributed by atoms with E-state index in [4.69, 9.17) is 17.3 Å². The molecule has 1 amide bonds. The van der Waals surface area contributed by atoms with Gasteiger partial charge in [0.05, 0.1) is 10.6 Å². The largest absolute Gasteiger partial charge is 0.352 e. The summed E-state index contributed by atoms with van der Waals surface area (Å²) >= 11 is 5.98. The van der Waals surface area contributed by atoms with Crippen LogP contribution in [0.15, 0.2) is 18.2 Å². The monoisotopic (exact) mass is 240 g/mol. The molecule has 0 unspecified atom stereocenters. The lowest BCUT2D eigenvalue weighted by Crippen LogP contribution is -2.25. The van der Waals surface area contributed by atoms with Gasteiger partial charge in [0.1, 0.15) is 0 Å². The van der Waals surface area contributed by atoms with Crippen LogP contribution in [0.2, 0.25) is 5.02 Å². The minimum atomic E-state index is -0.123. The Labute approximate surface area is 101 Å². The predicted octanol–water partition coefficient (Wildman–Crippen LogP) is 2.12. The molecule has 88 valence electrons. The number of rotatable bonds is 5. The number of hydrogen-bond donors (Lipinski definition) is 2. The molecule has 0 aliphatic rings. The lowest BCUT2D eigenvalue weighted by Gasteiger charge is -2.06. The van der Waals surface area contributed by atoms with Crippen molar-refractivity contribution in [2.45, 2.75) is 19.8 Å². The molecule has 0 aliphatic carbocycles. The summed E-state index contributed by atoms with van der Waals surface area (Å²) in [5, 5.41) is 3.31. The minimum Gasteiger partial charge on any atom is -0.352 e. The van der Waals surface area contributed by atoms with Gasteiger partial charge in [-0.3, -0.25) is 4.79 Å². The van der Waals surface area contributed by atoms with E-state index in [1.54, 1.807) is 12.1 Å². The number of benzene rings is 1. The van der Waals surface area contributed by atoms with Crippen molar-refractivity contribution in [2.75, 3.05) is 13.1 Å². The van der Waals surface area contributed by atoms with Crippen molar-refractivity contribution >= 4 is 17.5 Å². The van der Waals surface area contributed by atoms with Gasteiger partial charge in [0.15, 0.2) is 0 Å². The number of carbonyl (C=O) groups excluding carboxylic acids is 1. The Morgan fingerprint density at radius 2 is 2.19 bits per heavy atom. The number of hydrogen-bond acceptors (Lipinski definition) is 2. The molecular formula is C12H17ClN2O. The van der Waals surface area contributed by atoms with E-state index in [0.717, 1.165) is 18.4 Å². The van der Waals surface area contributed by atoms with E-state index in [1.165, 1.54) is 0 Å². The molecule has 4 heteroatoms. The van der Waals surface area contributed by atoms with Gasteiger partial charge in [0.2, 0.25) is 0 Å². The molecule has 0 bridgehead atoms. The zero-order valence-corrected chi connectivity index (χ0v) is 10.2. The van der Waals surface area contributed by atoms with Crippen molar-refractivity contribution in [1.29, 1.82) is 0 Å². The van der Waals surface area contributed by atoms with E-state index in [1.807, 2.05) is 13.0 Å². The number of nitrogens with one attached hydrogen (secondary N) is 1. The fourth-order valence-corrected chi connectivity index (χ4v) is 1.69. The zero-order chi connectivity index (χ0) is 12.0. The lowest BCUT2D eigenvalue weighted by atomic mass is 10.1. The van der Waals surface area contributed by atoms with Gasteiger partial charge in [-0.2, -0.15) is 0 Å². The van der Waals surface area contributed by atoms with Gasteiger partial charge in [-0.25, -0.2) is 0 Å². The molecule has 0 heterocycles. The van der Waals surface area contributed by atoms with Crippen LogP contribution in [0.1, 0.15) is 28.8 Å². The molecule has 0 saturated carbocycles. The number of nitrogens with two attached hydrogens (primary N) is 1. The first-order valence-electron chi connectivity index (χ1n) is 5.39. The standard InChI is InChI=1S/C12H17ClN2O/c1-9-4-5-10(11(13)8-9)12(16)15-7-3-2-6-14/h4-5,8H,2-3,6-7,14H2,1H3,(H,15,16). The first-order chi connectivity index (χ1) is 7.65. The average molecular weight is 241 g/mol. The summed E-state index contributed by atoms with van der Waals surface area (Å²) in [7, 11) is 0. The topological polar surface area (TPSA) is 55.1 Å². The Morgan fingerprint density at radius 1 is 1.44 bits per heavy atom. The molecule has 3 N–H and O–H groups in total. The smallest absolute Gasteiger partial charge is 0.252 e. The molecule has 1 aromatic carbocycles. The fourth-order valence-electron chi connectivity index (χ4n) is 1.37. The van der Waals surface area contributed by atoms with Crippen molar-refractivity contribution in [2.24, 2.45) is 5.73 Å². The molecule has 0 aromatic heterocycles. The van der Waals surface area contributed by atoms with Crippen LogP contribution < -0.4 is 11.1 Å². The molecule has 0 atom stereocenters. The third-order valence-electron chi connectivity index (χ3n) is 2.29. The highest BCUT2D eigenvalue weighted by molar-refractivity contribution is 6.33. The van der Waals surface area contributed by atoms with Crippen molar-refractivity contribution in [3.63, 3.8) is 0 Å². The van der Waals surface area contributed by atoms with E-state index in [0.29, 0.717) is 23.7 Å². The number of aryl methyl sites for hydroxylation is 1. The van der Waals surface area contributed by atoms with Gasteiger partial charge in [-0.05, 0) is 44.0 Å². The number of carbonyl (C=O) groups is 1. The van der Waals surface area contributed by atoms with E-state index in [2.05, 4.69) is 5.32 Å². The molecule has 3 nitrogen and oxygen atoms in total. The van der Waals surface area contributed by atoms with Gasteiger partial charge < -0.3 is 11.1 Å². The maximum absolute atomic E-state index is 11.7. The number of unbranched alkanes of at least 4 members (excludes halogenated alkanes) is 1. The van der Waals surface area contributed by atoms with Crippen molar-refractivity contribution in [1.82, 2.24) is 5.32 Å². The SMILES string of the molecule is Cc1ccc(C(=O)NCCCCN)c(Cl)c1. The molecular weight excluding hydrogens is 224 g/mol. The van der Waals surface area contributed by atoms with Crippen molar-refractivity contribution in [3.05, 3.63) is 34.3 Å². The zero-order valence-electron chi connectivity index (χ0n) is 9.42. The Morgan fingerprint density at radius 3 is 2.81 bits per heavy atom. The second-order valence-corrected chi connectivity index (χ2v) is 4.14. The number of halogens is 1. The lowest BCUT2D eigenvalue weighted by molar-refractivity contribution is 0.0953. The second-order valence-electron chi connectivity index (χ2n) is 3.73. The molecule has 1 aromatic rings. The summed E-state index contributed by atoms with van der Waals surface area (Å²) in [5.41, 5.74) is 6.94.